The van der Waals surface area contributed by atoms with Crippen LogP contribution in [0.3, 0.4) is 0 Å². The summed E-state index contributed by atoms with van der Waals surface area (Å²) in [4.78, 5) is 11.1. The first kappa shape index (κ1) is 12.0. The lowest BCUT2D eigenvalue weighted by atomic mass is 10.0. The van der Waals surface area contributed by atoms with Gasteiger partial charge in [0.2, 0.25) is 5.95 Å². The van der Waals surface area contributed by atoms with E-state index in [1.54, 1.807) is 0 Å². The summed E-state index contributed by atoms with van der Waals surface area (Å²) in [5.74, 6) is 2.59. The lowest BCUT2D eigenvalue weighted by molar-refractivity contribution is 0.668. The fourth-order valence-corrected chi connectivity index (χ4v) is 3.70. The Bertz CT molecular complexity index is 547. The van der Waals surface area contributed by atoms with Crippen molar-refractivity contribution in [1.29, 1.82) is 0 Å². The number of hydrogen-bond donors (Lipinski definition) is 2. The van der Waals surface area contributed by atoms with E-state index in [0.29, 0.717) is 17.8 Å². The zero-order valence-corrected chi connectivity index (χ0v) is 11.7. The standard InChI is InChI=1S/C15H21N5/c16-15-18-12(10-3-1-2-4-10)7-14(19-15)20-8-11-5-6-17-13(11)9-20/h7,9-11,17H,1-6,8H2,(H2,16,18,19). The maximum Gasteiger partial charge on any atom is 0.222 e. The van der Waals surface area contributed by atoms with Gasteiger partial charge in [0.25, 0.3) is 0 Å². The monoisotopic (exact) mass is 271 g/mol. The van der Waals surface area contributed by atoms with Crippen molar-refractivity contribution in [2.45, 2.75) is 38.0 Å². The number of nitrogen functional groups attached to an aromatic ring is 1. The lowest BCUT2D eigenvalue weighted by Crippen LogP contribution is -2.19. The van der Waals surface area contributed by atoms with Gasteiger partial charge >= 0.3 is 0 Å². The van der Waals surface area contributed by atoms with Gasteiger partial charge in [-0.1, -0.05) is 12.8 Å². The van der Waals surface area contributed by atoms with Crippen LogP contribution in [0.5, 0.6) is 0 Å². The molecule has 0 spiro atoms. The van der Waals surface area contributed by atoms with Crippen LogP contribution in [0.25, 0.3) is 0 Å². The van der Waals surface area contributed by atoms with E-state index >= 15 is 0 Å². The Morgan fingerprint density at radius 2 is 2.00 bits per heavy atom. The number of nitrogens with two attached hydrogens (primary N) is 1. The van der Waals surface area contributed by atoms with Gasteiger partial charge in [-0.2, -0.15) is 4.98 Å². The molecule has 1 atom stereocenters. The highest BCUT2D eigenvalue weighted by Crippen LogP contribution is 2.36. The van der Waals surface area contributed by atoms with Gasteiger partial charge in [0, 0.05) is 42.9 Å². The molecular formula is C15H21N5. The average Bonchev–Trinajstić information content (AvgIpc) is 3.14. The fourth-order valence-electron chi connectivity index (χ4n) is 3.70. The number of nitrogens with one attached hydrogen (secondary N) is 1. The molecule has 0 bridgehead atoms. The Hall–Kier alpha value is -1.78. The third-order valence-corrected chi connectivity index (χ3v) is 4.79. The van der Waals surface area contributed by atoms with Crippen LogP contribution in [0, 0.1) is 5.92 Å². The molecule has 3 N–H and O–H groups in total. The van der Waals surface area contributed by atoms with Crippen LogP contribution >= 0.6 is 0 Å². The third kappa shape index (κ3) is 2.01. The molecule has 106 valence electrons. The second kappa shape index (κ2) is 4.65. The van der Waals surface area contributed by atoms with Crippen LogP contribution in [-0.2, 0) is 0 Å². The SMILES string of the molecule is Nc1nc(C2CCCC2)cc(N2C=C3NCCC3C2)n1. The molecule has 2 fully saturated rings. The van der Waals surface area contributed by atoms with Gasteiger partial charge in [-0.25, -0.2) is 4.98 Å². The number of aromatic nitrogens is 2. The van der Waals surface area contributed by atoms with Crippen molar-refractivity contribution < 1.29 is 0 Å². The maximum atomic E-state index is 5.93. The maximum absolute atomic E-state index is 5.93. The Balaban J connectivity index is 1.63. The number of rotatable bonds is 2. The van der Waals surface area contributed by atoms with Gasteiger partial charge in [0.05, 0.1) is 5.69 Å². The van der Waals surface area contributed by atoms with E-state index in [-0.39, 0.29) is 0 Å². The van der Waals surface area contributed by atoms with Gasteiger partial charge < -0.3 is 16.0 Å². The molecule has 0 aromatic carbocycles. The van der Waals surface area contributed by atoms with E-state index < -0.39 is 0 Å². The van der Waals surface area contributed by atoms with Crippen LogP contribution < -0.4 is 16.0 Å². The third-order valence-electron chi connectivity index (χ3n) is 4.79. The smallest absolute Gasteiger partial charge is 0.222 e. The van der Waals surface area contributed by atoms with E-state index in [9.17, 15) is 0 Å². The highest BCUT2D eigenvalue weighted by atomic mass is 15.2. The summed E-state index contributed by atoms with van der Waals surface area (Å²) in [6, 6.07) is 2.14. The molecule has 3 aliphatic rings. The van der Waals surface area contributed by atoms with Crippen molar-refractivity contribution in [3.05, 3.63) is 23.7 Å². The van der Waals surface area contributed by atoms with Crippen molar-refractivity contribution >= 4 is 11.8 Å². The lowest BCUT2D eigenvalue weighted by Gasteiger charge is -2.18. The zero-order chi connectivity index (χ0) is 13.5. The first-order chi connectivity index (χ1) is 9.79. The number of hydrogen-bond acceptors (Lipinski definition) is 5. The van der Waals surface area contributed by atoms with Gasteiger partial charge in [-0.05, 0) is 19.3 Å². The molecule has 5 heteroatoms. The van der Waals surface area contributed by atoms with Gasteiger partial charge in [0.1, 0.15) is 5.82 Å². The molecule has 2 aliphatic heterocycles. The molecule has 1 aliphatic carbocycles. The first-order valence-corrected chi connectivity index (χ1v) is 7.66. The summed E-state index contributed by atoms with van der Waals surface area (Å²) in [5.41, 5.74) is 8.41. The van der Waals surface area contributed by atoms with E-state index in [0.717, 1.165) is 24.6 Å². The summed E-state index contributed by atoms with van der Waals surface area (Å²) < 4.78 is 0. The zero-order valence-electron chi connectivity index (χ0n) is 11.7. The molecule has 5 nitrogen and oxygen atoms in total. The van der Waals surface area contributed by atoms with Gasteiger partial charge in [-0.15, -0.1) is 0 Å². The van der Waals surface area contributed by atoms with E-state index in [4.69, 9.17) is 5.73 Å². The van der Waals surface area contributed by atoms with Crippen molar-refractivity contribution in [2.24, 2.45) is 5.92 Å². The van der Waals surface area contributed by atoms with E-state index in [1.165, 1.54) is 37.8 Å². The Morgan fingerprint density at radius 3 is 2.80 bits per heavy atom. The minimum Gasteiger partial charge on any atom is -0.387 e. The van der Waals surface area contributed by atoms with Crippen molar-refractivity contribution in [1.82, 2.24) is 15.3 Å². The molecule has 3 heterocycles. The predicted octanol–water partition coefficient (Wildman–Crippen LogP) is 1.99. The molecule has 0 amide bonds. The summed E-state index contributed by atoms with van der Waals surface area (Å²) in [6.45, 7) is 2.12. The number of nitrogens with zero attached hydrogens (tertiary/aromatic N) is 3. The summed E-state index contributed by atoms with van der Waals surface area (Å²) in [5, 5.41) is 3.45. The van der Waals surface area contributed by atoms with Crippen molar-refractivity contribution in [2.75, 3.05) is 23.7 Å². The predicted molar refractivity (Wildman–Crippen MR) is 79.2 cm³/mol. The van der Waals surface area contributed by atoms with Gasteiger partial charge in [0.15, 0.2) is 0 Å². The second-order valence-corrected chi connectivity index (χ2v) is 6.14. The van der Waals surface area contributed by atoms with Crippen molar-refractivity contribution in [3.63, 3.8) is 0 Å². The van der Waals surface area contributed by atoms with E-state index in [2.05, 4.69) is 32.5 Å². The minimum atomic E-state index is 0.410. The molecule has 1 saturated heterocycles. The molecule has 1 saturated carbocycles. The van der Waals surface area contributed by atoms with Crippen molar-refractivity contribution in [3.8, 4) is 0 Å². The molecule has 1 unspecified atom stereocenters. The highest BCUT2D eigenvalue weighted by molar-refractivity contribution is 5.50. The number of fused-ring (bicyclic) bond motifs is 1. The Kier molecular flexibility index (Phi) is 2.79. The fraction of sp³-hybridized carbons (Fsp3) is 0.600. The molecule has 4 rings (SSSR count). The average molecular weight is 271 g/mol. The van der Waals surface area contributed by atoms with E-state index in [1.807, 2.05) is 0 Å². The normalized spacial score (nSPS) is 25.7. The summed E-state index contributed by atoms with van der Waals surface area (Å²) in [6.07, 6.45) is 8.51. The Labute approximate surface area is 119 Å². The quantitative estimate of drug-likeness (QED) is 0.861. The van der Waals surface area contributed by atoms with Crippen LogP contribution in [0.15, 0.2) is 18.0 Å². The van der Waals surface area contributed by atoms with Crippen LogP contribution in [-0.4, -0.2) is 23.1 Å². The highest BCUT2D eigenvalue weighted by Gasteiger charge is 2.30. The second-order valence-electron chi connectivity index (χ2n) is 6.14. The summed E-state index contributed by atoms with van der Waals surface area (Å²) in [7, 11) is 0. The largest absolute Gasteiger partial charge is 0.387 e. The summed E-state index contributed by atoms with van der Waals surface area (Å²) >= 11 is 0. The molecule has 1 aromatic heterocycles. The molecule has 20 heavy (non-hydrogen) atoms. The Morgan fingerprint density at radius 1 is 1.15 bits per heavy atom. The minimum absolute atomic E-state index is 0.410. The topological polar surface area (TPSA) is 67.1 Å². The van der Waals surface area contributed by atoms with Crippen LogP contribution in [0.2, 0.25) is 0 Å². The number of anilines is 2. The molecule has 0 radical (unpaired) electrons. The van der Waals surface area contributed by atoms with Crippen LogP contribution in [0.4, 0.5) is 11.8 Å². The molecule has 1 aromatic rings. The first-order valence-electron chi connectivity index (χ1n) is 7.66. The molecular weight excluding hydrogens is 250 g/mol. The van der Waals surface area contributed by atoms with Gasteiger partial charge in [-0.3, -0.25) is 0 Å². The van der Waals surface area contributed by atoms with Crippen LogP contribution in [0.1, 0.15) is 43.7 Å².